The highest BCUT2D eigenvalue weighted by atomic mass is 35.5. The van der Waals surface area contributed by atoms with Gasteiger partial charge in [0.05, 0.1) is 10.9 Å². The van der Waals surface area contributed by atoms with Gasteiger partial charge in [-0.2, -0.15) is 0 Å². The van der Waals surface area contributed by atoms with Crippen molar-refractivity contribution >= 4 is 46.3 Å². The molecule has 3 aromatic rings. The molecule has 0 aliphatic rings. The number of hydrogen-bond acceptors (Lipinski definition) is 3. The summed E-state index contributed by atoms with van der Waals surface area (Å²) < 4.78 is 0.214. The molecule has 0 atom stereocenters. The predicted molar refractivity (Wildman–Crippen MR) is 93.9 cm³/mol. The zero-order valence-electron chi connectivity index (χ0n) is 12.1. The molecule has 0 saturated carbocycles. The summed E-state index contributed by atoms with van der Waals surface area (Å²) in [6.45, 7) is 1.83. The number of carbonyl (C=O) groups is 1. The largest absolute Gasteiger partial charge is 0.332 e. The smallest absolute Gasteiger partial charge is 0.259 e. The van der Waals surface area contributed by atoms with Crippen LogP contribution in [0.4, 0.5) is 5.69 Å². The van der Waals surface area contributed by atoms with Crippen molar-refractivity contribution in [2.24, 2.45) is 0 Å². The summed E-state index contributed by atoms with van der Waals surface area (Å²) in [5.41, 5.74) is 2.06. The van der Waals surface area contributed by atoms with Gasteiger partial charge in [-0.3, -0.25) is 14.6 Å². The van der Waals surface area contributed by atoms with Crippen LogP contribution in [0.1, 0.15) is 15.9 Å². The van der Waals surface area contributed by atoms with E-state index in [0.717, 1.165) is 5.56 Å². The second-order valence-corrected chi connectivity index (χ2v) is 5.85. The maximum Gasteiger partial charge on any atom is 0.259 e. The number of aromatic nitrogens is 2. The molecular formula is C16H12ClN3O2S. The van der Waals surface area contributed by atoms with E-state index in [4.69, 9.17) is 23.8 Å². The Morgan fingerprint density at radius 2 is 2.00 bits per heavy atom. The second kappa shape index (κ2) is 5.98. The summed E-state index contributed by atoms with van der Waals surface area (Å²) in [5, 5.41) is 3.83. The van der Waals surface area contributed by atoms with Gasteiger partial charge >= 0.3 is 0 Å². The lowest BCUT2D eigenvalue weighted by molar-refractivity contribution is 0.102. The molecule has 3 rings (SSSR count). The molecule has 1 aromatic heterocycles. The molecule has 0 spiro atoms. The van der Waals surface area contributed by atoms with Crippen LogP contribution in [0, 0.1) is 11.7 Å². The monoisotopic (exact) mass is 345 g/mol. The summed E-state index contributed by atoms with van der Waals surface area (Å²) >= 11 is 11.0. The highest BCUT2D eigenvalue weighted by Crippen LogP contribution is 2.23. The van der Waals surface area contributed by atoms with Crippen LogP contribution < -0.4 is 10.9 Å². The van der Waals surface area contributed by atoms with Crippen LogP contribution in [0.2, 0.25) is 5.02 Å². The van der Waals surface area contributed by atoms with E-state index in [2.05, 4.69) is 15.3 Å². The second-order valence-electron chi connectivity index (χ2n) is 5.04. The van der Waals surface area contributed by atoms with E-state index >= 15 is 0 Å². The fourth-order valence-corrected chi connectivity index (χ4v) is 2.63. The molecule has 2 aromatic carbocycles. The van der Waals surface area contributed by atoms with Crippen molar-refractivity contribution in [2.75, 3.05) is 5.32 Å². The fraction of sp³-hybridized carbons (Fsp3) is 0.0625. The molecule has 0 bridgehead atoms. The number of rotatable bonds is 2. The Balaban J connectivity index is 2.00. The van der Waals surface area contributed by atoms with Crippen LogP contribution in [0.5, 0.6) is 0 Å². The lowest BCUT2D eigenvalue weighted by atomic mass is 10.1. The predicted octanol–water partition coefficient (Wildman–Crippen LogP) is 3.80. The maximum atomic E-state index is 12.4. The van der Waals surface area contributed by atoms with Gasteiger partial charge in [-0.1, -0.05) is 17.7 Å². The highest BCUT2D eigenvalue weighted by molar-refractivity contribution is 7.71. The van der Waals surface area contributed by atoms with Gasteiger partial charge in [-0.05, 0) is 55.0 Å². The van der Waals surface area contributed by atoms with Crippen LogP contribution in [-0.2, 0) is 0 Å². The van der Waals surface area contributed by atoms with E-state index in [-0.39, 0.29) is 16.2 Å². The number of fused-ring (bicyclic) bond motifs is 1. The van der Waals surface area contributed by atoms with Crippen molar-refractivity contribution < 1.29 is 4.79 Å². The van der Waals surface area contributed by atoms with Crippen LogP contribution >= 0.6 is 23.8 Å². The van der Waals surface area contributed by atoms with Crippen LogP contribution in [0.25, 0.3) is 10.9 Å². The number of carbonyl (C=O) groups excluding carboxylic acids is 1. The van der Waals surface area contributed by atoms with Crippen LogP contribution in [0.3, 0.4) is 0 Å². The summed E-state index contributed by atoms with van der Waals surface area (Å²) in [5.74, 6) is -0.295. The quantitative estimate of drug-likeness (QED) is 0.618. The fourth-order valence-electron chi connectivity index (χ4n) is 2.25. The lowest BCUT2D eigenvalue weighted by Crippen LogP contribution is -2.14. The summed E-state index contributed by atoms with van der Waals surface area (Å²) in [6, 6.07) is 10.1. The van der Waals surface area contributed by atoms with Crippen LogP contribution in [-0.4, -0.2) is 15.9 Å². The van der Waals surface area contributed by atoms with Crippen molar-refractivity contribution in [3.63, 3.8) is 0 Å². The molecule has 1 heterocycles. The van der Waals surface area contributed by atoms with Crippen molar-refractivity contribution in [1.29, 1.82) is 0 Å². The minimum Gasteiger partial charge on any atom is -0.332 e. The Labute approximate surface area is 141 Å². The first kappa shape index (κ1) is 15.5. The van der Waals surface area contributed by atoms with Crippen molar-refractivity contribution in [2.45, 2.75) is 6.92 Å². The molecule has 5 nitrogen and oxygen atoms in total. The minimum atomic E-state index is -0.295. The topological polar surface area (TPSA) is 77.8 Å². The molecule has 23 heavy (non-hydrogen) atoms. The SMILES string of the molecule is Cc1c(Cl)cccc1NC(=O)c1ccc2c(=O)[nH]c(=S)[nH]c2c1. The standard InChI is InChI=1S/C16H12ClN3O2S/c1-8-11(17)3-2-4-12(8)18-14(21)9-5-6-10-13(7-9)19-16(23)20-15(10)22/h2-7H,1H3,(H,18,21)(H2,19,20,22,23). The maximum absolute atomic E-state index is 12.4. The number of hydrogen-bond donors (Lipinski definition) is 3. The molecule has 0 radical (unpaired) electrons. The molecule has 116 valence electrons. The zero-order chi connectivity index (χ0) is 16.6. The molecule has 0 fully saturated rings. The van der Waals surface area contributed by atoms with E-state index < -0.39 is 0 Å². The van der Waals surface area contributed by atoms with Gasteiger partial charge in [-0.15, -0.1) is 0 Å². The molecule has 7 heteroatoms. The van der Waals surface area contributed by atoms with Gasteiger partial charge in [-0.25, -0.2) is 0 Å². The number of H-pyrrole nitrogens is 2. The number of anilines is 1. The molecule has 0 aliphatic carbocycles. The summed E-state index contributed by atoms with van der Waals surface area (Å²) in [6.07, 6.45) is 0. The number of nitrogens with one attached hydrogen (secondary N) is 3. The Kier molecular flexibility index (Phi) is 4.02. The van der Waals surface area contributed by atoms with Crippen molar-refractivity contribution in [3.8, 4) is 0 Å². The van der Waals surface area contributed by atoms with Crippen molar-refractivity contribution in [3.05, 3.63) is 67.7 Å². The molecule has 0 saturated heterocycles. The average molecular weight is 346 g/mol. The van der Waals surface area contributed by atoms with E-state index in [0.29, 0.717) is 27.2 Å². The van der Waals surface area contributed by atoms with E-state index in [1.54, 1.807) is 36.4 Å². The Morgan fingerprint density at radius 1 is 1.22 bits per heavy atom. The Bertz CT molecular complexity index is 1040. The molecule has 1 amide bonds. The first-order chi connectivity index (χ1) is 11.0. The van der Waals surface area contributed by atoms with Gasteiger partial charge in [0.1, 0.15) is 0 Å². The summed E-state index contributed by atoms with van der Waals surface area (Å²) in [7, 11) is 0. The first-order valence-electron chi connectivity index (χ1n) is 6.78. The van der Waals surface area contributed by atoms with E-state index in [1.165, 1.54) is 0 Å². The number of amides is 1. The highest BCUT2D eigenvalue weighted by Gasteiger charge is 2.10. The van der Waals surface area contributed by atoms with E-state index in [9.17, 15) is 9.59 Å². The molecular weight excluding hydrogens is 334 g/mol. The lowest BCUT2D eigenvalue weighted by Gasteiger charge is -2.10. The van der Waals surface area contributed by atoms with Gasteiger partial charge in [0, 0.05) is 16.3 Å². The van der Waals surface area contributed by atoms with Gasteiger partial charge in [0.2, 0.25) is 0 Å². The number of halogens is 1. The normalized spacial score (nSPS) is 10.7. The van der Waals surface area contributed by atoms with Gasteiger partial charge < -0.3 is 10.3 Å². The third-order valence-electron chi connectivity index (χ3n) is 3.52. The van der Waals surface area contributed by atoms with Gasteiger partial charge in [0.15, 0.2) is 4.77 Å². The average Bonchev–Trinajstić information content (AvgIpc) is 2.51. The minimum absolute atomic E-state index is 0.214. The molecule has 0 aliphatic heterocycles. The number of aromatic amines is 2. The van der Waals surface area contributed by atoms with Gasteiger partial charge in [0.25, 0.3) is 11.5 Å². The van der Waals surface area contributed by atoms with Crippen molar-refractivity contribution in [1.82, 2.24) is 9.97 Å². The van der Waals surface area contributed by atoms with E-state index in [1.807, 2.05) is 6.92 Å². The number of benzene rings is 2. The zero-order valence-corrected chi connectivity index (χ0v) is 13.6. The molecule has 3 N–H and O–H groups in total. The third-order valence-corrected chi connectivity index (χ3v) is 4.13. The molecule has 0 unspecified atom stereocenters. The van der Waals surface area contributed by atoms with Crippen LogP contribution in [0.15, 0.2) is 41.2 Å². The Hall–Kier alpha value is -2.44. The third kappa shape index (κ3) is 3.04. The summed E-state index contributed by atoms with van der Waals surface area (Å²) in [4.78, 5) is 29.6. The first-order valence-corrected chi connectivity index (χ1v) is 7.57. The Morgan fingerprint density at radius 3 is 2.78 bits per heavy atom.